The lowest BCUT2D eigenvalue weighted by molar-refractivity contribution is -0.605. The summed E-state index contributed by atoms with van der Waals surface area (Å²) >= 11 is 0. The van der Waals surface area contributed by atoms with Gasteiger partial charge in [0.2, 0.25) is 0 Å². The van der Waals surface area contributed by atoms with Crippen molar-refractivity contribution in [2.45, 2.75) is 191 Å². The summed E-state index contributed by atoms with van der Waals surface area (Å²) in [5.74, 6) is -3.21. The van der Waals surface area contributed by atoms with E-state index in [9.17, 15) is 0 Å². The normalized spacial score (nSPS) is 18.1. The Bertz CT molecular complexity index is 741. The van der Waals surface area contributed by atoms with Gasteiger partial charge in [0.25, 0.3) is 0 Å². The van der Waals surface area contributed by atoms with Crippen LogP contribution in [0.5, 0.6) is 0 Å². The molecule has 0 rings (SSSR count). The van der Waals surface area contributed by atoms with Crippen molar-refractivity contribution < 1.29 is 42.9 Å². The number of hydrogen-bond acceptors (Lipinski definition) is 9. The molecule has 0 saturated carbocycles. The Labute approximate surface area is 284 Å². The fourth-order valence-corrected chi connectivity index (χ4v) is 4.57. The monoisotopic (exact) mass is 665 g/mol. The molecule has 0 fully saturated rings. The van der Waals surface area contributed by atoms with Crippen molar-refractivity contribution in [3.8, 4) is 0 Å². The van der Waals surface area contributed by atoms with Gasteiger partial charge in [0.1, 0.15) is 0 Å². The van der Waals surface area contributed by atoms with E-state index >= 15 is 0 Å². The van der Waals surface area contributed by atoms with Gasteiger partial charge < -0.3 is 33.2 Å². The minimum Gasteiger partial charge on any atom is -0.351 e. The molecule has 278 valence electrons. The second-order valence-corrected chi connectivity index (χ2v) is 14.8. The topological polar surface area (TPSA) is 83.1 Å². The van der Waals surface area contributed by atoms with Gasteiger partial charge in [-0.1, -0.05) is 74.7 Å². The third kappa shape index (κ3) is 15.5. The first-order valence-electron chi connectivity index (χ1n) is 18.4. The lowest BCUT2D eigenvalue weighted by Crippen LogP contribution is -2.73. The summed E-state index contributed by atoms with van der Waals surface area (Å²) in [5.41, 5.74) is -2.30. The largest absolute Gasteiger partial charge is 0.351 e. The fourth-order valence-electron chi connectivity index (χ4n) is 4.57. The number of ether oxygens (including phenoxy) is 7. The quantitative estimate of drug-likeness (QED) is 0.0336. The summed E-state index contributed by atoms with van der Waals surface area (Å²) < 4.78 is 48.0. The first-order valence-corrected chi connectivity index (χ1v) is 18.4. The summed E-state index contributed by atoms with van der Waals surface area (Å²) in [6, 6.07) is 0. The fraction of sp³-hybridized carbons (Fsp3) is 1.00. The summed E-state index contributed by atoms with van der Waals surface area (Å²) in [7, 11) is 0. The van der Waals surface area contributed by atoms with E-state index in [1.807, 2.05) is 48.5 Å². The SMILES string of the molecule is CCCCCOC(OCC(C)C)(OOCCC(C)C)C(C)(C(OCCC)OC(C)C)C(OCCCC)(OC(C)CC)OC(C)(C)C. The smallest absolute Gasteiger partial charge is 0.330 e. The van der Waals surface area contributed by atoms with Crippen molar-refractivity contribution >= 4 is 0 Å². The molecular weight excluding hydrogens is 588 g/mol. The minimum atomic E-state index is -1.93. The molecule has 46 heavy (non-hydrogen) atoms. The summed E-state index contributed by atoms with van der Waals surface area (Å²) in [4.78, 5) is 12.6. The van der Waals surface area contributed by atoms with Gasteiger partial charge in [-0.25, -0.2) is 4.89 Å². The standard InChI is InChI=1S/C37H76O9/c1-16-20-22-26-39-36(41-28-30(7)8,46-42-27-23-29(5)6)35(15,33(38-24-18-3)43-31(9)10)37(40-25-21-17-2,44-32(11)19-4)45-34(12,13)14/h29-33H,16-28H2,1-15H3. The average molecular weight is 665 g/mol. The second-order valence-electron chi connectivity index (χ2n) is 14.8. The number of hydrogen-bond donors (Lipinski definition) is 0. The molecule has 0 N–H and O–H groups in total. The molecule has 0 radical (unpaired) electrons. The van der Waals surface area contributed by atoms with Gasteiger partial charge in [0.05, 0.1) is 44.2 Å². The van der Waals surface area contributed by atoms with E-state index in [4.69, 9.17) is 42.9 Å². The van der Waals surface area contributed by atoms with Crippen LogP contribution in [-0.2, 0) is 42.9 Å². The van der Waals surface area contributed by atoms with Crippen LogP contribution >= 0.6 is 0 Å². The number of unbranched alkanes of at least 4 members (excludes halogenated alkanes) is 3. The molecule has 0 aromatic rings. The molecule has 0 heterocycles. The zero-order chi connectivity index (χ0) is 35.4. The molecule has 0 aliphatic rings. The van der Waals surface area contributed by atoms with Crippen molar-refractivity contribution in [2.24, 2.45) is 17.3 Å². The van der Waals surface area contributed by atoms with E-state index in [1.165, 1.54) is 0 Å². The number of rotatable bonds is 29. The first-order chi connectivity index (χ1) is 21.5. The Morgan fingerprint density at radius 1 is 0.609 bits per heavy atom. The van der Waals surface area contributed by atoms with Crippen LogP contribution < -0.4 is 0 Å². The van der Waals surface area contributed by atoms with Crippen molar-refractivity contribution in [1.82, 2.24) is 0 Å². The summed E-state index contributed by atoms with van der Waals surface area (Å²) in [5, 5.41) is 0. The van der Waals surface area contributed by atoms with Crippen LogP contribution in [0, 0.1) is 17.3 Å². The zero-order valence-corrected chi connectivity index (χ0v) is 32.8. The van der Waals surface area contributed by atoms with Gasteiger partial charge >= 0.3 is 11.9 Å². The van der Waals surface area contributed by atoms with Crippen LogP contribution in [0.25, 0.3) is 0 Å². The maximum Gasteiger partial charge on any atom is 0.330 e. The van der Waals surface area contributed by atoms with Crippen LogP contribution in [0.2, 0.25) is 0 Å². The van der Waals surface area contributed by atoms with E-state index in [1.54, 1.807) is 0 Å². The van der Waals surface area contributed by atoms with Crippen LogP contribution in [-0.4, -0.2) is 69.1 Å². The van der Waals surface area contributed by atoms with E-state index in [2.05, 4.69) is 55.4 Å². The van der Waals surface area contributed by atoms with E-state index in [0.29, 0.717) is 45.4 Å². The first kappa shape index (κ1) is 45.6. The Hall–Kier alpha value is -0.360. The summed E-state index contributed by atoms with van der Waals surface area (Å²) in [6.45, 7) is 32.4. The third-order valence-corrected chi connectivity index (χ3v) is 7.37. The highest BCUT2D eigenvalue weighted by molar-refractivity contribution is 4.99. The molecule has 0 aromatic heterocycles. The van der Waals surface area contributed by atoms with Crippen LogP contribution in [0.1, 0.15) is 155 Å². The van der Waals surface area contributed by atoms with Gasteiger partial charge in [-0.05, 0) is 92.4 Å². The molecule has 5 atom stereocenters. The predicted octanol–water partition coefficient (Wildman–Crippen LogP) is 9.80. The van der Waals surface area contributed by atoms with Gasteiger partial charge in [-0.15, -0.1) is 0 Å². The molecule has 0 aliphatic heterocycles. The third-order valence-electron chi connectivity index (χ3n) is 7.37. The molecule has 9 nitrogen and oxygen atoms in total. The summed E-state index contributed by atoms with van der Waals surface area (Å²) in [6.07, 6.45) is 5.20. The Morgan fingerprint density at radius 2 is 1.22 bits per heavy atom. The predicted molar refractivity (Wildman–Crippen MR) is 185 cm³/mol. The molecule has 0 amide bonds. The van der Waals surface area contributed by atoms with Crippen molar-refractivity contribution in [2.75, 3.05) is 33.0 Å². The van der Waals surface area contributed by atoms with Crippen LogP contribution in [0.3, 0.4) is 0 Å². The molecule has 0 aromatic carbocycles. The molecule has 0 bridgehead atoms. The van der Waals surface area contributed by atoms with Gasteiger partial charge in [-0.3, -0.25) is 0 Å². The highest BCUT2D eigenvalue weighted by Crippen LogP contribution is 2.55. The minimum absolute atomic E-state index is 0.137. The average Bonchev–Trinajstić information content (AvgIpc) is 2.96. The maximum atomic E-state index is 7.04. The van der Waals surface area contributed by atoms with Crippen LogP contribution in [0.15, 0.2) is 0 Å². The lowest BCUT2D eigenvalue weighted by Gasteiger charge is -2.57. The maximum absolute atomic E-state index is 7.04. The molecule has 5 unspecified atom stereocenters. The molecule has 0 aliphatic carbocycles. The van der Waals surface area contributed by atoms with Gasteiger partial charge in [-0.2, -0.15) is 4.89 Å². The lowest BCUT2D eigenvalue weighted by atomic mass is 9.81. The molecule has 0 spiro atoms. The van der Waals surface area contributed by atoms with E-state index in [0.717, 1.165) is 44.9 Å². The Kier molecular flexibility index (Phi) is 22.9. The van der Waals surface area contributed by atoms with Crippen LogP contribution in [0.4, 0.5) is 0 Å². The zero-order valence-electron chi connectivity index (χ0n) is 32.8. The second kappa shape index (κ2) is 23.1. The molecule has 9 heteroatoms. The van der Waals surface area contributed by atoms with Crippen molar-refractivity contribution in [1.29, 1.82) is 0 Å². The van der Waals surface area contributed by atoms with Gasteiger partial charge in [0.15, 0.2) is 11.7 Å². The van der Waals surface area contributed by atoms with Gasteiger partial charge in [0, 0.05) is 6.61 Å². The Balaban J connectivity index is 8.09. The molecular formula is C37H76O9. The molecule has 0 saturated heterocycles. The van der Waals surface area contributed by atoms with E-state index in [-0.39, 0.29) is 18.1 Å². The Morgan fingerprint density at radius 3 is 1.72 bits per heavy atom. The highest BCUT2D eigenvalue weighted by Gasteiger charge is 2.74. The van der Waals surface area contributed by atoms with Crippen molar-refractivity contribution in [3.05, 3.63) is 0 Å². The van der Waals surface area contributed by atoms with E-state index < -0.39 is 29.3 Å². The highest BCUT2D eigenvalue weighted by atomic mass is 17.3. The van der Waals surface area contributed by atoms with Crippen molar-refractivity contribution in [3.63, 3.8) is 0 Å².